The average molecular weight is 463 g/mol. The quantitative estimate of drug-likeness (QED) is 0.318. The van der Waals surface area contributed by atoms with E-state index in [2.05, 4.69) is 32.4 Å². The summed E-state index contributed by atoms with van der Waals surface area (Å²) in [5, 5.41) is 15.4. The maximum Gasteiger partial charge on any atom is 0.281 e. The number of nitrogens with zero attached hydrogens (tertiary/aromatic N) is 1. The van der Waals surface area contributed by atoms with Crippen molar-refractivity contribution in [2.75, 3.05) is 6.61 Å². The zero-order valence-corrected chi connectivity index (χ0v) is 17.5. The fraction of sp³-hybridized carbons (Fsp3) is 0.0833. The first kappa shape index (κ1) is 21.3. The number of carbonyl (C=O) groups excluding carboxylic acids is 1. The van der Waals surface area contributed by atoms with Crippen LogP contribution in [0.3, 0.4) is 0 Å². The van der Waals surface area contributed by atoms with Crippen LogP contribution in [0.15, 0.2) is 88.4 Å². The Hall–Kier alpha value is -3.40. The van der Waals surface area contributed by atoms with Crippen LogP contribution < -0.4 is 10.2 Å². The third-order valence-corrected chi connectivity index (χ3v) is 4.98. The summed E-state index contributed by atoms with van der Waals surface area (Å²) in [5.74, 6) is 2.35. The Bertz CT molecular complexity index is 1040. The lowest BCUT2D eigenvalue weighted by Crippen LogP contribution is -2.43. The van der Waals surface area contributed by atoms with Gasteiger partial charge >= 0.3 is 0 Å². The van der Waals surface area contributed by atoms with E-state index in [1.807, 2.05) is 12.1 Å². The molecule has 0 aromatic heterocycles. The predicted molar refractivity (Wildman–Crippen MR) is 120 cm³/mol. The minimum absolute atomic E-state index is 0.166. The Balaban J connectivity index is 1.80. The first-order valence-electron chi connectivity index (χ1n) is 9.08. The van der Waals surface area contributed by atoms with E-state index in [1.165, 1.54) is 6.21 Å². The molecule has 0 aliphatic rings. The van der Waals surface area contributed by atoms with Gasteiger partial charge in [0.15, 0.2) is 5.60 Å². The Kier molecular flexibility index (Phi) is 7.02. The highest BCUT2D eigenvalue weighted by Gasteiger charge is 2.39. The van der Waals surface area contributed by atoms with Crippen LogP contribution in [-0.4, -0.2) is 23.8 Å². The molecule has 1 amide bonds. The van der Waals surface area contributed by atoms with E-state index in [0.717, 1.165) is 5.56 Å². The molecule has 0 radical (unpaired) electrons. The molecule has 2 N–H and O–H groups in total. The minimum Gasteiger partial charge on any atom is -0.480 e. The minimum atomic E-state index is -1.88. The van der Waals surface area contributed by atoms with Crippen molar-refractivity contribution in [2.45, 2.75) is 5.60 Å². The normalized spacial score (nSPS) is 11.1. The zero-order valence-electron chi connectivity index (χ0n) is 16.0. The van der Waals surface area contributed by atoms with Crippen LogP contribution in [-0.2, 0) is 10.4 Å². The molecule has 5 nitrogen and oxygen atoms in total. The number of nitrogens with one attached hydrogen (secondary N) is 1. The first-order valence-corrected chi connectivity index (χ1v) is 9.87. The number of hydrogen-bond donors (Lipinski definition) is 2. The average Bonchev–Trinajstić information content (AvgIpc) is 2.79. The van der Waals surface area contributed by atoms with Crippen LogP contribution in [0.4, 0.5) is 0 Å². The monoisotopic (exact) mass is 462 g/mol. The number of halogens is 1. The van der Waals surface area contributed by atoms with Crippen LogP contribution >= 0.6 is 15.9 Å². The molecule has 0 bridgehead atoms. The van der Waals surface area contributed by atoms with Gasteiger partial charge in [-0.3, -0.25) is 4.79 Å². The molecule has 0 aliphatic heterocycles. The van der Waals surface area contributed by atoms with Crippen molar-refractivity contribution in [1.82, 2.24) is 5.43 Å². The van der Waals surface area contributed by atoms with Gasteiger partial charge in [0.05, 0.1) is 10.7 Å². The summed E-state index contributed by atoms with van der Waals surface area (Å²) in [6.45, 7) is 0.166. The van der Waals surface area contributed by atoms with Gasteiger partial charge in [0.25, 0.3) is 5.91 Å². The molecule has 0 saturated heterocycles. The molecule has 6 heteroatoms. The Morgan fingerprint density at radius 1 is 1.10 bits per heavy atom. The number of amides is 1. The van der Waals surface area contributed by atoms with Crippen LogP contribution in [0.2, 0.25) is 0 Å². The van der Waals surface area contributed by atoms with E-state index in [-0.39, 0.29) is 6.61 Å². The van der Waals surface area contributed by atoms with Crippen LogP contribution in [0.5, 0.6) is 5.75 Å². The van der Waals surface area contributed by atoms with Crippen molar-refractivity contribution in [3.8, 4) is 18.1 Å². The standard InChI is InChI=1S/C24H19BrN2O3/c1-2-15-30-22-14-13-18(16-21(22)25)17-26-27-23(28)24(29,19-9-5-3-6-10-19)20-11-7-4-8-12-20/h1,3-14,16-17,29H,15H2,(H,27,28)/b26-17-. The van der Waals surface area contributed by atoms with E-state index in [9.17, 15) is 9.90 Å². The number of terminal acetylenes is 1. The second-order valence-corrected chi connectivity index (χ2v) is 7.18. The Morgan fingerprint density at radius 3 is 2.23 bits per heavy atom. The molecule has 0 aliphatic carbocycles. The number of ether oxygens (including phenoxy) is 1. The van der Waals surface area contributed by atoms with E-state index in [1.54, 1.807) is 66.7 Å². The number of benzene rings is 3. The van der Waals surface area contributed by atoms with Crippen molar-refractivity contribution in [3.05, 3.63) is 100 Å². The summed E-state index contributed by atoms with van der Waals surface area (Å²) >= 11 is 3.41. The van der Waals surface area contributed by atoms with Crippen LogP contribution in [0, 0.1) is 12.3 Å². The maximum atomic E-state index is 13.0. The highest BCUT2D eigenvalue weighted by molar-refractivity contribution is 9.10. The zero-order chi connectivity index (χ0) is 21.4. The SMILES string of the molecule is C#CCOc1ccc(/C=N\NC(=O)C(O)(c2ccccc2)c2ccccc2)cc1Br. The Labute approximate surface area is 183 Å². The number of rotatable bonds is 7. The van der Waals surface area contributed by atoms with Gasteiger partial charge in [-0.25, -0.2) is 5.43 Å². The molecule has 0 spiro atoms. The number of carbonyl (C=O) groups is 1. The molecule has 3 rings (SSSR count). The Morgan fingerprint density at radius 2 is 1.70 bits per heavy atom. The van der Waals surface area contributed by atoms with E-state index in [0.29, 0.717) is 21.3 Å². The second-order valence-electron chi connectivity index (χ2n) is 6.32. The van der Waals surface area contributed by atoms with Gasteiger partial charge < -0.3 is 9.84 Å². The van der Waals surface area contributed by atoms with Gasteiger partial charge in [0.2, 0.25) is 0 Å². The lowest BCUT2D eigenvalue weighted by atomic mass is 9.85. The number of aliphatic hydroxyl groups is 1. The molecule has 0 atom stereocenters. The molecule has 0 unspecified atom stereocenters. The topological polar surface area (TPSA) is 70.9 Å². The summed E-state index contributed by atoms with van der Waals surface area (Å²) in [4.78, 5) is 13.0. The van der Waals surface area contributed by atoms with Gasteiger partial charge in [-0.2, -0.15) is 5.10 Å². The fourth-order valence-electron chi connectivity index (χ4n) is 2.87. The molecular formula is C24H19BrN2O3. The van der Waals surface area contributed by atoms with E-state index < -0.39 is 11.5 Å². The van der Waals surface area contributed by atoms with Gasteiger partial charge in [0.1, 0.15) is 12.4 Å². The van der Waals surface area contributed by atoms with E-state index >= 15 is 0 Å². The summed E-state index contributed by atoms with van der Waals surface area (Å²) in [6.07, 6.45) is 6.67. The lowest BCUT2D eigenvalue weighted by molar-refractivity contribution is -0.136. The smallest absolute Gasteiger partial charge is 0.281 e. The molecule has 0 fully saturated rings. The lowest BCUT2D eigenvalue weighted by Gasteiger charge is -2.27. The number of hydrazone groups is 1. The predicted octanol–water partition coefficient (Wildman–Crippen LogP) is 3.85. The molecule has 0 saturated carbocycles. The highest BCUT2D eigenvalue weighted by Crippen LogP contribution is 2.30. The van der Waals surface area contributed by atoms with Crippen molar-refractivity contribution in [1.29, 1.82) is 0 Å². The van der Waals surface area contributed by atoms with Crippen molar-refractivity contribution in [2.24, 2.45) is 5.10 Å². The fourth-order valence-corrected chi connectivity index (χ4v) is 3.38. The molecule has 0 heterocycles. The van der Waals surface area contributed by atoms with Gasteiger partial charge in [-0.1, -0.05) is 66.6 Å². The first-order chi connectivity index (χ1) is 14.6. The summed E-state index contributed by atoms with van der Waals surface area (Å²) in [5.41, 5.74) is 2.18. The third kappa shape index (κ3) is 4.77. The maximum absolute atomic E-state index is 13.0. The third-order valence-electron chi connectivity index (χ3n) is 4.36. The number of hydrogen-bond acceptors (Lipinski definition) is 4. The molecule has 150 valence electrons. The molecule has 3 aromatic carbocycles. The molecule has 3 aromatic rings. The molecule has 30 heavy (non-hydrogen) atoms. The second kappa shape index (κ2) is 9.88. The summed E-state index contributed by atoms with van der Waals surface area (Å²) in [6, 6.07) is 22.8. The van der Waals surface area contributed by atoms with Crippen molar-refractivity contribution >= 4 is 28.1 Å². The van der Waals surface area contributed by atoms with Crippen molar-refractivity contribution < 1.29 is 14.6 Å². The highest BCUT2D eigenvalue weighted by atomic mass is 79.9. The van der Waals surface area contributed by atoms with Crippen LogP contribution in [0.25, 0.3) is 0 Å². The van der Waals surface area contributed by atoms with E-state index in [4.69, 9.17) is 11.2 Å². The van der Waals surface area contributed by atoms with Crippen LogP contribution in [0.1, 0.15) is 16.7 Å². The summed E-state index contributed by atoms with van der Waals surface area (Å²) in [7, 11) is 0. The molecular weight excluding hydrogens is 444 g/mol. The van der Waals surface area contributed by atoms with Gasteiger partial charge in [-0.15, -0.1) is 6.42 Å². The van der Waals surface area contributed by atoms with Gasteiger partial charge in [-0.05, 0) is 50.8 Å². The van der Waals surface area contributed by atoms with Gasteiger partial charge in [0, 0.05) is 0 Å². The largest absolute Gasteiger partial charge is 0.480 e. The van der Waals surface area contributed by atoms with Crippen molar-refractivity contribution in [3.63, 3.8) is 0 Å². The summed E-state index contributed by atoms with van der Waals surface area (Å²) < 4.78 is 6.10.